The fourth-order valence-electron chi connectivity index (χ4n) is 3.25. The monoisotopic (exact) mass is 424 g/mol. The highest BCUT2D eigenvalue weighted by Crippen LogP contribution is 2.11. The maximum absolute atomic E-state index is 12.7. The number of thioether (sulfide) groups is 1. The lowest BCUT2D eigenvalue weighted by Gasteiger charge is -2.18. The van der Waals surface area contributed by atoms with Gasteiger partial charge < -0.3 is 15.6 Å². The summed E-state index contributed by atoms with van der Waals surface area (Å²) >= 11 is 1.66. The summed E-state index contributed by atoms with van der Waals surface area (Å²) in [5.74, 6) is 1.35. The zero-order valence-electron chi connectivity index (χ0n) is 17.4. The van der Waals surface area contributed by atoms with Crippen molar-refractivity contribution in [1.82, 2.24) is 20.6 Å². The molecule has 0 aliphatic carbocycles. The number of aromatic nitrogens is 2. The van der Waals surface area contributed by atoms with Crippen LogP contribution in [0.3, 0.4) is 0 Å². The van der Waals surface area contributed by atoms with Gasteiger partial charge in [0.15, 0.2) is 0 Å². The number of fused-ring (bicyclic) bond motifs is 1. The molecule has 3 N–H and O–H groups in total. The van der Waals surface area contributed by atoms with Crippen molar-refractivity contribution < 1.29 is 9.59 Å². The molecule has 0 radical (unpaired) electrons. The van der Waals surface area contributed by atoms with Crippen LogP contribution in [0.25, 0.3) is 11.0 Å². The zero-order valence-corrected chi connectivity index (χ0v) is 18.2. The number of rotatable bonds is 10. The van der Waals surface area contributed by atoms with E-state index in [0.717, 1.165) is 41.0 Å². The molecule has 6 nitrogen and oxygen atoms in total. The Labute approximate surface area is 181 Å². The molecule has 30 heavy (non-hydrogen) atoms. The minimum Gasteiger partial charge on any atom is -0.354 e. The molecule has 0 aliphatic heterocycles. The molecule has 0 saturated heterocycles. The molecular weight excluding hydrogens is 396 g/mol. The fourth-order valence-corrected chi connectivity index (χ4v) is 3.72. The predicted molar refractivity (Wildman–Crippen MR) is 123 cm³/mol. The molecule has 1 heterocycles. The summed E-state index contributed by atoms with van der Waals surface area (Å²) in [5.41, 5.74) is 3.56. The summed E-state index contributed by atoms with van der Waals surface area (Å²) < 4.78 is 0. The fraction of sp³-hybridized carbons (Fsp3) is 0.348. The summed E-state index contributed by atoms with van der Waals surface area (Å²) in [5, 5.41) is 5.85. The van der Waals surface area contributed by atoms with Crippen molar-refractivity contribution in [3.63, 3.8) is 0 Å². The molecule has 158 valence electrons. The lowest BCUT2D eigenvalue weighted by atomic mass is 10.1. The molecule has 7 heteroatoms. The van der Waals surface area contributed by atoms with Crippen LogP contribution in [-0.2, 0) is 11.2 Å². The van der Waals surface area contributed by atoms with Crippen molar-refractivity contribution in [2.24, 2.45) is 0 Å². The zero-order chi connectivity index (χ0) is 21.3. The van der Waals surface area contributed by atoms with E-state index in [2.05, 4.69) is 20.6 Å². The average Bonchev–Trinajstić information content (AvgIpc) is 3.16. The maximum atomic E-state index is 12.7. The highest BCUT2D eigenvalue weighted by Gasteiger charge is 2.20. The molecule has 0 fully saturated rings. The Bertz CT molecular complexity index is 969. The van der Waals surface area contributed by atoms with Crippen LogP contribution in [0.1, 0.15) is 34.6 Å². The predicted octanol–water partition coefficient (Wildman–Crippen LogP) is 3.47. The summed E-state index contributed by atoms with van der Waals surface area (Å²) in [6.45, 7) is 2.47. The van der Waals surface area contributed by atoms with Crippen LogP contribution < -0.4 is 10.6 Å². The van der Waals surface area contributed by atoms with Crippen molar-refractivity contribution in [2.75, 3.05) is 18.6 Å². The highest BCUT2D eigenvalue weighted by molar-refractivity contribution is 7.98. The molecule has 1 unspecified atom stereocenters. The van der Waals surface area contributed by atoms with Gasteiger partial charge in [0.05, 0.1) is 11.0 Å². The first-order valence-electron chi connectivity index (χ1n) is 10.1. The number of carbonyl (C=O) groups excluding carboxylic acids is 2. The summed E-state index contributed by atoms with van der Waals surface area (Å²) in [4.78, 5) is 33.1. The largest absolute Gasteiger partial charge is 0.354 e. The second-order valence-corrected chi connectivity index (χ2v) is 8.26. The Balaban J connectivity index is 1.50. The molecule has 0 saturated carbocycles. The molecule has 2 aromatic carbocycles. The van der Waals surface area contributed by atoms with Crippen molar-refractivity contribution >= 4 is 34.6 Å². The number of amides is 2. The third kappa shape index (κ3) is 6.10. The van der Waals surface area contributed by atoms with Gasteiger partial charge in [-0.05, 0) is 56.0 Å². The van der Waals surface area contributed by atoms with Crippen molar-refractivity contribution in [1.29, 1.82) is 0 Å². The quantitative estimate of drug-likeness (QED) is 0.435. The highest BCUT2D eigenvalue weighted by atomic mass is 32.2. The minimum atomic E-state index is -0.545. The molecule has 1 atom stereocenters. The number of imidazole rings is 1. The average molecular weight is 425 g/mol. The van der Waals surface area contributed by atoms with E-state index in [0.29, 0.717) is 18.5 Å². The molecular formula is C23H28N4O2S. The van der Waals surface area contributed by atoms with Crippen LogP contribution in [0, 0.1) is 6.92 Å². The van der Waals surface area contributed by atoms with Crippen LogP contribution in [-0.4, -0.2) is 46.4 Å². The van der Waals surface area contributed by atoms with Crippen LogP contribution in [0.5, 0.6) is 0 Å². The number of nitrogens with zero attached hydrogens (tertiary/aromatic N) is 1. The van der Waals surface area contributed by atoms with Gasteiger partial charge in [0.1, 0.15) is 11.9 Å². The van der Waals surface area contributed by atoms with E-state index in [1.165, 1.54) is 0 Å². The van der Waals surface area contributed by atoms with Gasteiger partial charge in [-0.15, -0.1) is 0 Å². The second kappa shape index (κ2) is 10.8. The summed E-state index contributed by atoms with van der Waals surface area (Å²) in [6.07, 6.45) is 4.10. The van der Waals surface area contributed by atoms with Crippen LogP contribution in [0.4, 0.5) is 0 Å². The molecule has 0 aliphatic rings. The van der Waals surface area contributed by atoms with Gasteiger partial charge in [-0.2, -0.15) is 11.8 Å². The normalized spacial score (nSPS) is 11.9. The minimum absolute atomic E-state index is 0.144. The molecule has 3 aromatic rings. The molecule has 1 aromatic heterocycles. The van der Waals surface area contributed by atoms with E-state index in [4.69, 9.17) is 0 Å². The summed E-state index contributed by atoms with van der Waals surface area (Å²) in [6, 6.07) is 14.8. The first-order valence-corrected chi connectivity index (χ1v) is 11.5. The Kier molecular flexibility index (Phi) is 7.90. The van der Waals surface area contributed by atoms with Gasteiger partial charge >= 0.3 is 0 Å². The lowest BCUT2D eigenvalue weighted by Crippen LogP contribution is -2.47. The van der Waals surface area contributed by atoms with Crippen molar-refractivity contribution in [3.05, 3.63) is 65.5 Å². The SMILES string of the molecule is CSCCC(NC(=O)c1cccc(C)c1)C(=O)NCCCc1nc2ccccc2[nH]1. The number of benzene rings is 2. The second-order valence-electron chi connectivity index (χ2n) is 7.27. The number of H-pyrrole nitrogens is 1. The van der Waals surface area contributed by atoms with Crippen LogP contribution in [0.15, 0.2) is 48.5 Å². The van der Waals surface area contributed by atoms with Crippen molar-refractivity contribution in [3.8, 4) is 0 Å². The Morgan fingerprint density at radius 3 is 2.77 bits per heavy atom. The molecule has 0 spiro atoms. The van der Waals surface area contributed by atoms with E-state index >= 15 is 0 Å². The number of para-hydroxylation sites is 2. The smallest absolute Gasteiger partial charge is 0.251 e. The summed E-state index contributed by atoms with van der Waals surface area (Å²) in [7, 11) is 0. The Morgan fingerprint density at radius 1 is 1.17 bits per heavy atom. The van der Waals surface area contributed by atoms with Gasteiger partial charge in [-0.25, -0.2) is 4.98 Å². The van der Waals surface area contributed by atoms with E-state index in [9.17, 15) is 9.59 Å². The number of hydrogen-bond acceptors (Lipinski definition) is 4. The van der Waals surface area contributed by atoms with E-state index < -0.39 is 6.04 Å². The van der Waals surface area contributed by atoms with Crippen molar-refractivity contribution in [2.45, 2.75) is 32.2 Å². The Morgan fingerprint density at radius 2 is 2.00 bits per heavy atom. The lowest BCUT2D eigenvalue weighted by molar-refractivity contribution is -0.123. The number of aromatic amines is 1. The van der Waals surface area contributed by atoms with Gasteiger partial charge in [-0.1, -0.05) is 29.8 Å². The number of hydrogen-bond donors (Lipinski definition) is 3. The molecule has 3 rings (SSSR count). The number of aryl methyl sites for hydroxylation is 2. The standard InChI is InChI=1S/C23H28N4O2S/c1-16-7-5-8-17(15-16)22(28)27-20(12-14-30-2)23(29)24-13-6-11-21-25-18-9-3-4-10-19(18)26-21/h3-5,7-10,15,20H,6,11-14H2,1-2H3,(H,24,29)(H,25,26)(H,27,28). The molecule has 0 bridgehead atoms. The Hall–Kier alpha value is -2.80. The first-order chi connectivity index (χ1) is 14.6. The van der Waals surface area contributed by atoms with Gasteiger partial charge in [0.25, 0.3) is 5.91 Å². The van der Waals surface area contributed by atoms with Crippen LogP contribution in [0.2, 0.25) is 0 Å². The maximum Gasteiger partial charge on any atom is 0.251 e. The topological polar surface area (TPSA) is 86.9 Å². The third-order valence-electron chi connectivity index (χ3n) is 4.84. The van der Waals surface area contributed by atoms with E-state index in [1.54, 1.807) is 17.8 Å². The number of carbonyl (C=O) groups is 2. The van der Waals surface area contributed by atoms with Gasteiger partial charge in [0, 0.05) is 18.5 Å². The molecule has 2 amide bonds. The van der Waals surface area contributed by atoms with E-state index in [-0.39, 0.29) is 11.8 Å². The number of nitrogens with one attached hydrogen (secondary N) is 3. The van der Waals surface area contributed by atoms with Crippen LogP contribution >= 0.6 is 11.8 Å². The first kappa shape index (κ1) is 21.9. The van der Waals surface area contributed by atoms with Gasteiger partial charge in [-0.3, -0.25) is 9.59 Å². The van der Waals surface area contributed by atoms with E-state index in [1.807, 2.05) is 55.6 Å². The third-order valence-corrected chi connectivity index (χ3v) is 5.48. The van der Waals surface area contributed by atoms with Gasteiger partial charge in [0.2, 0.25) is 5.91 Å².